The van der Waals surface area contributed by atoms with Crippen LogP contribution in [0.25, 0.3) is 0 Å². The van der Waals surface area contributed by atoms with Crippen molar-refractivity contribution in [2.75, 3.05) is 11.9 Å². The first-order valence-electron chi connectivity index (χ1n) is 5.05. The highest BCUT2D eigenvalue weighted by Gasteiger charge is 2.22. The standard InChI is InChI=1S/C11H11NO5/c13-10(14)4-7-5-17-9-2-1-6(11(15)16)3-8(9)12-7/h1-3,7,12H,4-5H2,(H,13,14)(H,15,16). The molecule has 90 valence electrons. The molecule has 0 amide bonds. The summed E-state index contributed by atoms with van der Waals surface area (Å²) in [5.41, 5.74) is 0.651. The lowest BCUT2D eigenvalue weighted by Gasteiger charge is -2.26. The second-order valence-electron chi connectivity index (χ2n) is 3.77. The number of hydrogen-bond acceptors (Lipinski definition) is 4. The van der Waals surface area contributed by atoms with Crippen molar-refractivity contribution in [3.63, 3.8) is 0 Å². The molecule has 0 aliphatic carbocycles. The van der Waals surface area contributed by atoms with Crippen LogP contribution in [0, 0.1) is 0 Å². The van der Waals surface area contributed by atoms with Crippen molar-refractivity contribution in [2.24, 2.45) is 0 Å². The van der Waals surface area contributed by atoms with Gasteiger partial charge in [0.25, 0.3) is 0 Å². The monoisotopic (exact) mass is 237 g/mol. The molecule has 0 aromatic heterocycles. The Bertz CT molecular complexity index is 471. The number of hydrogen-bond donors (Lipinski definition) is 3. The van der Waals surface area contributed by atoms with Gasteiger partial charge in [-0.15, -0.1) is 0 Å². The van der Waals surface area contributed by atoms with Crippen LogP contribution in [-0.2, 0) is 4.79 Å². The van der Waals surface area contributed by atoms with Gasteiger partial charge in [0.15, 0.2) is 0 Å². The highest BCUT2D eigenvalue weighted by atomic mass is 16.5. The van der Waals surface area contributed by atoms with Crippen LogP contribution in [0.1, 0.15) is 16.8 Å². The van der Waals surface area contributed by atoms with E-state index in [1.807, 2.05) is 0 Å². The Morgan fingerprint density at radius 2 is 2.18 bits per heavy atom. The second kappa shape index (κ2) is 4.32. The van der Waals surface area contributed by atoms with Crippen molar-refractivity contribution >= 4 is 17.6 Å². The third kappa shape index (κ3) is 2.47. The molecule has 0 fully saturated rings. The lowest BCUT2D eigenvalue weighted by atomic mass is 10.1. The van der Waals surface area contributed by atoms with E-state index in [1.54, 1.807) is 6.07 Å². The molecule has 1 aliphatic heterocycles. The van der Waals surface area contributed by atoms with E-state index in [0.717, 1.165) is 0 Å². The van der Waals surface area contributed by atoms with Crippen LogP contribution < -0.4 is 10.1 Å². The Kier molecular flexibility index (Phi) is 2.86. The molecule has 6 nitrogen and oxygen atoms in total. The van der Waals surface area contributed by atoms with Crippen molar-refractivity contribution in [2.45, 2.75) is 12.5 Å². The summed E-state index contributed by atoms with van der Waals surface area (Å²) in [5.74, 6) is -1.42. The molecule has 17 heavy (non-hydrogen) atoms. The average Bonchev–Trinajstić information content (AvgIpc) is 2.27. The van der Waals surface area contributed by atoms with Crippen LogP contribution in [0.3, 0.4) is 0 Å². The zero-order valence-electron chi connectivity index (χ0n) is 8.84. The van der Waals surface area contributed by atoms with Crippen molar-refractivity contribution < 1.29 is 24.5 Å². The Balaban J connectivity index is 2.20. The number of aliphatic carboxylic acids is 1. The first-order valence-corrected chi connectivity index (χ1v) is 5.05. The van der Waals surface area contributed by atoms with Crippen LogP contribution in [0.4, 0.5) is 5.69 Å². The largest absolute Gasteiger partial charge is 0.489 e. The summed E-state index contributed by atoms with van der Waals surface area (Å²) >= 11 is 0. The third-order valence-corrected chi connectivity index (χ3v) is 2.45. The number of carboxylic acids is 2. The summed E-state index contributed by atoms with van der Waals surface area (Å²) in [6.45, 7) is 0.256. The van der Waals surface area contributed by atoms with Gasteiger partial charge in [-0.3, -0.25) is 4.79 Å². The number of anilines is 1. The summed E-state index contributed by atoms with van der Waals surface area (Å²) in [5, 5.41) is 20.5. The lowest BCUT2D eigenvalue weighted by molar-refractivity contribution is -0.137. The molecule has 1 unspecified atom stereocenters. The first kappa shape index (κ1) is 11.3. The van der Waals surface area contributed by atoms with E-state index >= 15 is 0 Å². The molecule has 3 N–H and O–H groups in total. The Labute approximate surface area is 96.8 Å². The molecular formula is C11H11NO5. The van der Waals surface area contributed by atoms with Gasteiger partial charge in [0.1, 0.15) is 12.4 Å². The third-order valence-electron chi connectivity index (χ3n) is 2.45. The predicted octanol–water partition coefficient (Wildman–Crippen LogP) is 1.03. The lowest BCUT2D eigenvalue weighted by Crippen LogP contribution is -2.33. The van der Waals surface area contributed by atoms with Gasteiger partial charge in [-0.2, -0.15) is 0 Å². The van der Waals surface area contributed by atoms with Gasteiger partial charge < -0.3 is 20.3 Å². The Hall–Kier alpha value is -2.24. The van der Waals surface area contributed by atoms with E-state index in [2.05, 4.69) is 5.32 Å². The minimum atomic E-state index is -1.03. The quantitative estimate of drug-likeness (QED) is 0.726. The summed E-state index contributed by atoms with van der Waals surface area (Å²) < 4.78 is 5.35. The molecule has 0 saturated heterocycles. The van der Waals surface area contributed by atoms with Gasteiger partial charge in [-0.1, -0.05) is 0 Å². The first-order chi connectivity index (χ1) is 8.06. The Morgan fingerprint density at radius 1 is 1.41 bits per heavy atom. The average molecular weight is 237 g/mol. The van der Waals surface area contributed by atoms with Gasteiger partial charge in [-0.05, 0) is 18.2 Å². The SMILES string of the molecule is O=C(O)CC1COc2ccc(C(=O)O)cc2N1. The van der Waals surface area contributed by atoms with E-state index in [1.165, 1.54) is 12.1 Å². The predicted molar refractivity (Wildman–Crippen MR) is 58.6 cm³/mol. The zero-order valence-corrected chi connectivity index (χ0v) is 8.84. The normalized spacial score (nSPS) is 17.5. The number of carbonyl (C=O) groups is 2. The second-order valence-corrected chi connectivity index (χ2v) is 3.77. The minimum Gasteiger partial charge on any atom is -0.489 e. The fraction of sp³-hybridized carbons (Fsp3) is 0.273. The van der Waals surface area contributed by atoms with E-state index < -0.39 is 11.9 Å². The van der Waals surface area contributed by atoms with Crippen LogP contribution in [0.15, 0.2) is 18.2 Å². The van der Waals surface area contributed by atoms with Gasteiger partial charge >= 0.3 is 11.9 Å². The Morgan fingerprint density at radius 3 is 2.82 bits per heavy atom. The van der Waals surface area contributed by atoms with E-state index in [-0.39, 0.29) is 24.6 Å². The summed E-state index contributed by atoms with van der Waals surface area (Å²) in [6.07, 6.45) is -0.0727. The van der Waals surface area contributed by atoms with Crippen LogP contribution in [-0.4, -0.2) is 34.8 Å². The molecule has 1 heterocycles. The smallest absolute Gasteiger partial charge is 0.335 e. The van der Waals surface area contributed by atoms with Crippen molar-refractivity contribution in [1.82, 2.24) is 0 Å². The van der Waals surface area contributed by atoms with Crippen LogP contribution in [0.5, 0.6) is 5.75 Å². The van der Waals surface area contributed by atoms with Gasteiger partial charge in [0.2, 0.25) is 0 Å². The van der Waals surface area contributed by atoms with Crippen molar-refractivity contribution in [3.8, 4) is 5.75 Å². The van der Waals surface area contributed by atoms with E-state index in [4.69, 9.17) is 14.9 Å². The maximum atomic E-state index is 10.8. The topological polar surface area (TPSA) is 95.9 Å². The highest BCUT2D eigenvalue weighted by Crippen LogP contribution is 2.30. The number of carboxylic acid groups (broad SMARTS) is 2. The van der Waals surface area contributed by atoms with Crippen molar-refractivity contribution in [1.29, 1.82) is 0 Å². The zero-order chi connectivity index (χ0) is 12.4. The maximum absolute atomic E-state index is 10.8. The fourth-order valence-corrected chi connectivity index (χ4v) is 1.67. The van der Waals surface area contributed by atoms with Crippen LogP contribution >= 0.6 is 0 Å². The summed E-state index contributed by atoms with van der Waals surface area (Å²) in [4.78, 5) is 21.3. The highest BCUT2D eigenvalue weighted by molar-refractivity contribution is 5.89. The molecule has 1 aromatic rings. The maximum Gasteiger partial charge on any atom is 0.335 e. The molecule has 1 aromatic carbocycles. The molecule has 1 atom stereocenters. The summed E-state index contributed by atoms with van der Waals surface area (Å²) in [7, 11) is 0. The number of rotatable bonds is 3. The minimum absolute atomic E-state index is 0.0727. The number of nitrogens with one attached hydrogen (secondary N) is 1. The van der Waals surface area contributed by atoms with Gasteiger partial charge in [-0.25, -0.2) is 4.79 Å². The van der Waals surface area contributed by atoms with Gasteiger partial charge in [0.05, 0.1) is 23.7 Å². The molecule has 0 bridgehead atoms. The number of fused-ring (bicyclic) bond motifs is 1. The van der Waals surface area contributed by atoms with Crippen molar-refractivity contribution in [3.05, 3.63) is 23.8 Å². The fourth-order valence-electron chi connectivity index (χ4n) is 1.67. The molecule has 0 spiro atoms. The number of ether oxygens (including phenoxy) is 1. The molecule has 0 saturated carbocycles. The van der Waals surface area contributed by atoms with Crippen LogP contribution in [0.2, 0.25) is 0 Å². The molecular weight excluding hydrogens is 226 g/mol. The van der Waals surface area contributed by atoms with Gasteiger partial charge in [0, 0.05) is 0 Å². The number of benzene rings is 1. The molecule has 6 heteroatoms. The molecule has 1 aliphatic rings. The molecule has 2 rings (SSSR count). The number of aromatic carboxylic acids is 1. The molecule has 0 radical (unpaired) electrons. The summed E-state index contributed by atoms with van der Waals surface area (Å²) in [6, 6.07) is 4.10. The van der Waals surface area contributed by atoms with E-state index in [9.17, 15) is 9.59 Å². The van der Waals surface area contributed by atoms with E-state index in [0.29, 0.717) is 11.4 Å².